The number of benzene rings is 1. The van der Waals surface area contributed by atoms with Crippen LogP contribution in [0.3, 0.4) is 0 Å². The summed E-state index contributed by atoms with van der Waals surface area (Å²) in [6.45, 7) is 6.49. The van der Waals surface area contributed by atoms with Gasteiger partial charge in [-0.1, -0.05) is 43.6 Å². The Balaban J connectivity index is 0.000000561. The maximum absolute atomic E-state index is 5.91. The van der Waals surface area contributed by atoms with Gasteiger partial charge in [0.05, 0.1) is 0 Å². The van der Waals surface area contributed by atoms with Gasteiger partial charge in [-0.3, -0.25) is 0 Å². The first-order chi connectivity index (χ1) is 5.75. The van der Waals surface area contributed by atoms with E-state index in [2.05, 4.69) is 0 Å². The molecule has 0 radical (unpaired) electrons. The molecule has 1 aromatic carbocycles. The Morgan fingerprint density at radius 1 is 1.33 bits per heavy atom. The largest absolute Gasteiger partial charge is 0.326 e. The van der Waals surface area contributed by atoms with Crippen LogP contribution in [-0.2, 0) is 6.54 Å². The van der Waals surface area contributed by atoms with Crippen molar-refractivity contribution in [2.75, 3.05) is 0 Å². The van der Waals surface area contributed by atoms with E-state index in [0.717, 1.165) is 16.1 Å². The van der Waals surface area contributed by atoms with Gasteiger partial charge >= 0.3 is 0 Å². The lowest BCUT2D eigenvalue weighted by Gasteiger charge is -2.01. The SMILES string of the molecule is CC.Cc1cccc(CN)c1Cl. The molecule has 0 unspecified atom stereocenters. The van der Waals surface area contributed by atoms with Crippen LogP contribution < -0.4 is 5.73 Å². The predicted molar refractivity (Wildman–Crippen MR) is 55.4 cm³/mol. The Morgan fingerprint density at radius 3 is 2.33 bits per heavy atom. The van der Waals surface area contributed by atoms with E-state index in [0.29, 0.717) is 6.54 Å². The number of hydrogen-bond donors (Lipinski definition) is 1. The van der Waals surface area contributed by atoms with Gasteiger partial charge < -0.3 is 5.73 Å². The van der Waals surface area contributed by atoms with Gasteiger partial charge in [-0.05, 0) is 18.1 Å². The summed E-state index contributed by atoms with van der Waals surface area (Å²) in [4.78, 5) is 0. The first-order valence-electron chi connectivity index (χ1n) is 4.19. The molecule has 0 spiro atoms. The zero-order valence-corrected chi connectivity index (χ0v) is 8.65. The summed E-state index contributed by atoms with van der Waals surface area (Å²) < 4.78 is 0. The van der Waals surface area contributed by atoms with Crippen molar-refractivity contribution in [1.29, 1.82) is 0 Å². The number of halogens is 1. The molecule has 12 heavy (non-hydrogen) atoms. The summed E-state index contributed by atoms with van der Waals surface area (Å²) in [6, 6.07) is 5.88. The lowest BCUT2D eigenvalue weighted by molar-refractivity contribution is 1.07. The molecule has 0 amide bonds. The van der Waals surface area contributed by atoms with Crippen molar-refractivity contribution in [3.05, 3.63) is 34.3 Å². The fraction of sp³-hybridized carbons (Fsp3) is 0.400. The summed E-state index contributed by atoms with van der Waals surface area (Å²) in [6.07, 6.45) is 0. The van der Waals surface area contributed by atoms with Crippen LogP contribution in [-0.4, -0.2) is 0 Å². The first kappa shape index (κ1) is 11.5. The maximum Gasteiger partial charge on any atom is 0.0480 e. The van der Waals surface area contributed by atoms with Crippen LogP contribution in [0.4, 0.5) is 0 Å². The third-order valence-electron chi connectivity index (χ3n) is 1.49. The van der Waals surface area contributed by atoms with E-state index in [-0.39, 0.29) is 0 Å². The Labute approximate surface area is 79.5 Å². The molecule has 0 saturated heterocycles. The normalized spacial score (nSPS) is 8.75. The third-order valence-corrected chi connectivity index (χ3v) is 2.03. The molecular weight excluding hydrogens is 170 g/mol. The molecular formula is C10H16ClN. The van der Waals surface area contributed by atoms with Crippen molar-refractivity contribution in [2.45, 2.75) is 27.3 Å². The van der Waals surface area contributed by atoms with Crippen LogP contribution in [0, 0.1) is 6.92 Å². The van der Waals surface area contributed by atoms with Gasteiger partial charge in [0.25, 0.3) is 0 Å². The molecule has 0 aliphatic carbocycles. The van der Waals surface area contributed by atoms with Crippen LogP contribution in [0.5, 0.6) is 0 Å². The van der Waals surface area contributed by atoms with Crippen molar-refractivity contribution in [3.8, 4) is 0 Å². The minimum absolute atomic E-state index is 0.514. The molecule has 1 aromatic rings. The highest BCUT2D eigenvalue weighted by Crippen LogP contribution is 2.18. The van der Waals surface area contributed by atoms with Gasteiger partial charge in [-0.25, -0.2) is 0 Å². The molecule has 0 atom stereocenters. The van der Waals surface area contributed by atoms with Crippen molar-refractivity contribution >= 4 is 11.6 Å². The molecule has 0 heterocycles. The number of aryl methyl sites for hydroxylation is 1. The minimum Gasteiger partial charge on any atom is -0.326 e. The Bertz CT molecular complexity index is 233. The number of nitrogens with two attached hydrogens (primary N) is 1. The van der Waals surface area contributed by atoms with Gasteiger partial charge in [0.2, 0.25) is 0 Å². The van der Waals surface area contributed by atoms with Gasteiger partial charge in [0, 0.05) is 11.6 Å². The summed E-state index contributed by atoms with van der Waals surface area (Å²) in [5.41, 5.74) is 7.54. The zero-order chi connectivity index (χ0) is 9.56. The predicted octanol–water partition coefficient (Wildman–Crippen LogP) is 3.13. The standard InChI is InChI=1S/C8H10ClN.C2H6/c1-6-3-2-4-7(5-10)8(6)9;1-2/h2-4H,5,10H2,1H3;1-2H3. The van der Waals surface area contributed by atoms with Gasteiger partial charge in [0.1, 0.15) is 0 Å². The highest BCUT2D eigenvalue weighted by atomic mass is 35.5. The second-order valence-corrected chi connectivity index (χ2v) is 2.63. The molecule has 0 aromatic heterocycles. The molecule has 1 nitrogen and oxygen atoms in total. The maximum atomic E-state index is 5.91. The van der Waals surface area contributed by atoms with Crippen molar-refractivity contribution < 1.29 is 0 Å². The van der Waals surface area contributed by atoms with E-state index >= 15 is 0 Å². The van der Waals surface area contributed by atoms with Crippen LogP contribution >= 0.6 is 11.6 Å². The molecule has 2 heteroatoms. The van der Waals surface area contributed by atoms with Crippen LogP contribution in [0.15, 0.2) is 18.2 Å². The summed E-state index contributed by atoms with van der Waals surface area (Å²) >= 11 is 5.91. The second-order valence-electron chi connectivity index (χ2n) is 2.25. The van der Waals surface area contributed by atoms with Gasteiger partial charge in [-0.15, -0.1) is 0 Å². The highest BCUT2D eigenvalue weighted by molar-refractivity contribution is 6.32. The molecule has 0 fully saturated rings. The van der Waals surface area contributed by atoms with E-state index in [9.17, 15) is 0 Å². The topological polar surface area (TPSA) is 26.0 Å². The molecule has 0 aliphatic heterocycles. The lowest BCUT2D eigenvalue weighted by atomic mass is 10.1. The molecule has 0 aliphatic rings. The smallest absolute Gasteiger partial charge is 0.0480 e. The van der Waals surface area contributed by atoms with Crippen LogP contribution in [0.1, 0.15) is 25.0 Å². The monoisotopic (exact) mass is 185 g/mol. The van der Waals surface area contributed by atoms with E-state index in [1.54, 1.807) is 0 Å². The minimum atomic E-state index is 0.514. The first-order valence-corrected chi connectivity index (χ1v) is 4.57. The molecule has 2 N–H and O–H groups in total. The second kappa shape index (κ2) is 6.04. The fourth-order valence-electron chi connectivity index (χ4n) is 0.866. The molecule has 0 saturated carbocycles. The van der Waals surface area contributed by atoms with Gasteiger partial charge in [0.15, 0.2) is 0 Å². The van der Waals surface area contributed by atoms with Gasteiger partial charge in [-0.2, -0.15) is 0 Å². The molecule has 0 bridgehead atoms. The number of rotatable bonds is 1. The van der Waals surface area contributed by atoms with E-state index in [1.807, 2.05) is 39.0 Å². The molecule has 68 valence electrons. The Kier molecular flexibility index (Phi) is 5.77. The summed E-state index contributed by atoms with van der Waals surface area (Å²) in [5.74, 6) is 0. The average molecular weight is 186 g/mol. The summed E-state index contributed by atoms with van der Waals surface area (Å²) in [5, 5.41) is 0.796. The van der Waals surface area contributed by atoms with Crippen molar-refractivity contribution in [3.63, 3.8) is 0 Å². The average Bonchev–Trinajstić information content (AvgIpc) is 2.13. The fourth-order valence-corrected chi connectivity index (χ4v) is 1.07. The van der Waals surface area contributed by atoms with E-state index in [4.69, 9.17) is 17.3 Å². The Morgan fingerprint density at radius 2 is 1.92 bits per heavy atom. The summed E-state index contributed by atoms with van der Waals surface area (Å²) in [7, 11) is 0. The van der Waals surface area contributed by atoms with Crippen molar-refractivity contribution in [2.24, 2.45) is 5.73 Å². The third kappa shape index (κ3) is 2.84. The number of hydrogen-bond acceptors (Lipinski definition) is 1. The van der Waals surface area contributed by atoms with Crippen LogP contribution in [0.25, 0.3) is 0 Å². The highest BCUT2D eigenvalue weighted by Gasteiger charge is 1.98. The zero-order valence-electron chi connectivity index (χ0n) is 7.89. The van der Waals surface area contributed by atoms with Crippen molar-refractivity contribution in [1.82, 2.24) is 0 Å². The lowest BCUT2D eigenvalue weighted by Crippen LogP contribution is -1.97. The molecule has 1 rings (SSSR count). The van der Waals surface area contributed by atoms with Crippen LogP contribution in [0.2, 0.25) is 5.02 Å². The van der Waals surface area contributed by atoms with E-state index in [1.165, 1.54) is 0 Å². The Hall–Kier alpha value is -0.530. The quantitative estimate of drug-likeness (QED) is 0.715. The van der Waals surface area contributed by atoms with E-state index < -0.39 is 0 Å².